The zero-order valence-corrected chi connectivity index (χ0v) is 28.8. The van der Waals surface area contributed by atoms with Gasteiger partial charge in [-0.15, -0.1) is 0 Å². The molecule has 39 heavy (non-hydrogen) atoms. The van der Waals surface area contributed by atoms with Gasteiger partial charge in [0.25, 0.3) is 0 Å². The summed E-state index contributed by atoms with van der Waals surface area (Å²) in [6.07, 6.45) is 48.6. The molecule has 0 fully saturated rings. The van der Waals surface area contributed by atoms with E-state index in [-0.39, 0.29) is 16.5 Å². The van der Waals surface area contributed by atoms with Crippen LogP contribution in [0.2, 0.25) is 0 Å². The Morgan fingerprint density at radius 3 is 0.487 bits per heavy atom. The number of hydrogen-bond acceptors (Lipinski definition) is 0. The van der Waals surface area contributed by atoms with Crippen LogP contribution >= 0.6 is 0 Å². The molecule has 0 N–H and O–H groups in total. The number of hydrogen-bond donors (Lipinski definition) is 0. The molecule has 0 radical (unpaired) electrons. The van der Waals surface area contributed by atoms with Crippen LogP contribution in [0.25, 0.3) is 0 Å². The maximum atomic E-state index is 3.89. The van der Waals surface area contributed by atoms with Crippen LogP contribution in [-0.2, 0) is 16.5 Å². The Bertz CT molecular complexity index is 287. The second-order valence-corrected chi connectivity index (χ2v) is 12.3. The van der Waals surface area contributed by atoms with Crippen molar-refractivity contribution in [3.8, 4) is 0 Å². The normalized spacial score (nSPS) is 10.8. The van der Waals surface area contributed by atoms with Crippen LogP contribution in [0.1, 0.15) is 232 Å². The fourth-order valence-corrected chi connectivity index (χ4v) is 5.45. The molecular weight excluding hydrogens is 515 g/mol. The average Bonchev–Trinajstić information content (AvgIpc) is 2.93. The minimum atomic E-state index is 0. The number of rotatable bonds is 32. The standard InChI is InChI=1S/2C19H39.Ni/c2*1-3-5-7-9-11-13-15-17-19-18-16-14-12-10-8-6-4-2;/h2*1,3-19H2,2H3;/q2*-1;+2. The van der Waals surface area contributed by atoms with Gasteiger partial charge >= 0.3 is 16.5 Å². The van der Waals surface area contributed by atoms with Crippen LogP contribution in [0.5, 0.6) is 0 Å². The SMILES string of the molecule is [CH2-]CCCCCCCCCCCCCCCCCC.[CH2-]CCCCCCCCCCCCCCCCCC.[Ni+2]. The van der Waals surface area contributed by atoms with Crippen LogP contribution in [0.3, 0.4) is 0 Å². The number of unbranched alkanes of at least 4 members (excludes halogenated alkanes) is 32. The van der Waals surface area contributed by atoms with E-state index in [4.69, 9.17) is 0 Å². The predicted molar refractivity (Wildman–Crippen MR) is 179 cm³/mol. The molecule has 0 spiro atoms. The van der Waals surface area contributed by atoms with Gasteiger partial charge < -0.3 is 13.8 Å². The predicted octanol–water partition coefficient (Wildman–Crippen LogP) is 14.9. The molecule has 1 heteroatoms. The fourth-order valence-electron chi connectivity index (χ4n) is 5.45. The van der Waals surface area contributed by atoms with E-state index in [2.05, 4.69) is 27.7 Å². The van der Waals surface area contributed by atoms with Crippen molar-refractivity contribution < 1.29 is 16.5 Å². The van der Waals surface area contributed by atoms with Crippen LogP contribution < -0.4 is 0 Å². The van der Waals surface area contributed by atoms with Gasteiger partial charge in [-0.3, -0.25) is 0 Å². The quantitative estimate of drug-likeness (QED) is 0.0413. The molecule has 0 heterocycles. The Hall–Kier alpha value is 0.494. The minimum absolute atomic E-state index is 0. The van der Waals surface area contributed by atoms with E-state index in [1.807, 2.05) is 0 Å². The average molecular weight is 594 g/mol. The molecule has 0 aliphatic rings. The molecular formula is C38H78Ni. The molecule has 240 valence electrons. The zero-order chi connectivity index (χ0) is 28.0. The van der Waals surface area contributed by atoms with Crippen molar-refractivity contribution in [2.24, 2.45) is 0 Å². The third-order valence-electron chi connectivity index (χ3n) is 8.21. The molecule has 0 amide bonds. The van der Waals surface area contributed by atoms with Gasteiger partial charge in [-0.05, 0) is 0 Å². The van der Waals surface area contributed by atoms with Crippen LogP contribution in [-0.4, -0.2) is 0 Å². The van der Waals surface area contributed by atoms with E-state index < -0.39 is 0 Å². The van der Waals surface area contributed by atoms with Gasteiger partial charge in [0.1, 0.15) is 0 Å². The van der Waals surface area contributed by atoms with Gasteiger partial charge in [0.15, 0.2) is 0 Å². The second-order valence-electron chi connectivity index (χ2n) is 12.3. The van der Waals surface area contributed by atoms with Crippen LogP contribution in [0.4, 0.5) is 0 Å². The van der Waals surface area contributed by atoms with Crippen molar-refractivity contribution in [2.45, 2.75) is 232 Å². The first kappa shape index (κ1) is 43.9. The summed E-state index contributed by atoms with van der Waals surface area (Å²) in [5.41, 5.74) is 0. The maximum Gasteiger partial charge on any atom is 2.00 e. The summed E-state index contributed by atoms with van der Waals surface area (Å²) in [6.45, 7) is 12.4. The molecule has 0 aromatic carbocycles. The van der Waals surface area contributed by atoms with Gasteiger partial charge in [0, 0.05) is 0 Å². The summed E-state index contributed by atoms with van der Waals surface area (Å²) in [4.78, 5) is 0. The van der Waals surface area contributed by atoms with Crippen molar-refractivity contribution in [1.82, 2.24) is 0 Å². The third-order valence-corrected chi connectivity index (χ3v) is 8.21. The van der Waals surface area contributed by atoms with Gasteiger partial charge in [-0.2, -0.15) is 12.8 Å². The van der Waals surface area contributed by atoms with Gasteiger partial charge in [-0.25, -0.2) is 0 Å². The van der Waals surface area contributed by atoms with E-state index in [9.17, 15) is 0 Å². The summed E-state index contributed by atoms with van der Waals surface area (Å²) in [5, 5.41) is 0. The summed E-state index contributed by atoms with van der Waals surface area (Å²) >= 11 is 0. The zero-order valence-electron chi connectivity index (χ0n) is 27.8. The molecule has 0 aliphatic carbocycles. The Balaban J connectivity index is -0.000000648. The maximum absolute atomic E-state index is 3.89. The summed E-state index contributed by atoms with van der Waals surface area (Å²) in [6, 6.07) is 0. The van der Waals surface area contributed by atoms with E-state index in [1.54, 1.807) is 0 Å². The molecule has 0 unspecified atom stereocenters. The van der Waals surface area contributed by atoms with E-state index in [1.165, 1.54) is 205 Å². The monoisotopic (exact) mass is 593 g/mol. The minimum Gasteiger partial charge on any atom is -0.343 e. The van der Waals surface area contributed by atoms with Gasteiger partial charge in [0.2, 0.25) is 0 Å². The topological polar surface area (TPSA) is 0 Å². The Morgan fingerprint density at radius 2 is 0.359 bits per heavy atom. The van der Waals surface area contributed by atoms with Crippen molar-refractivity contribution >= 4 is 0 Å². The van der Waals surface area contributed by atoms with Crippen molar-refractivity contribution in [3.63, 3.8) is 0 Å². The molecule has 0 rings (SSSR count). The third kappa shape index (κ3) is 48.6. The second kappa shape index (κ2) is 45.5. The Kier molecular flexibility index (Phi) is 51.2. The van der Waals surface area contributed by atoms with Crippen molar-refractivity contribution in [1.29, 1.82) is 0 Å². The van der Waals surface area contributed by atoms with Crippen molar-refractivity contribution in [3.05, 3.63) is 13.8 Å². The Labute approximate surface area is 261 Å². The van der Waals surface area contributed by atoms with Crippen LogP contribution in [0, 0.1) is 13.8 Å². The molecule has 0 saturated heterocycles. The summed E-state index contributed by atoms with van der Waals surface area (Å²) in [7, 11) is 0. The molecule has 0 nitrogen and oxygen atoms in total. The first-order valence-corrected chi connectivity index (χ1v) is 18.4. The van der Waals surface area contributed by atoms with Gasteiger partial charge in [0.05, 0.1) is 0 Å². The van der Waals surface area contributed by atoms with E-state index in [0.717, 1.165) is 12.8 Å². The molecule has 0 bridgehead atoms. The van der Waals surface area contributed by atoms with Crippen LogP contribution in [0.15, 0.2) is 0 Å². The first-order valence-electron chi connectivity index (χ1n) is 18.4. The summed E-state index contributed by atoms with van der Waals surface area (Å²) < 4.78 is 0. The first-order chi connectivity index (χ1) is 18.8. The fraction of sp³-hybridized carbons (Fsp3) is 0.947. The molecule has 0 aliphatic heterocycles. The van der Waals surface area contributed by atoms with Gasteiger partial charge in [-0.1, -0.05) is 219 Å². The molecule has 0 saturated carbocycles. The largest absolute Gasteiger partial charge is 2.00 e. The molecule has 0 aromatic rings. The van der Waals surface area contributed by atoms with Crippen molar-refractivity contribution in [2.75, 3.05) is 0 Å². The molecule has 0 atom stereocenters. The smallest absolute Gasteiger partial charge is 0.343 e. The molecule has 0 aromatic heterocycles. The van der Waals surface area contributed by atoms with E-state index in [0.29, 0.717) is 0 Å². The Morgan fingerprint density at radius 1 is 0.231 bits per heavy atom. The van der Waals surface area contributed by atoms with E-state index >= 15 is 0 Å². The summed E-state index contributed by atoms with van der Waals surface area (Å²) in [5.74, 6) is 0.